The first-order valence-corrected chi connectivity index (χ1v) is 4.92. The van der Waals surface area contributed by atoms with E-state index in [1.165, 1.54) is 12.1 Å². The van der Waals surface area contributed by atoms with Gasteiger partial charge in [0, 0.05) is 11.0 Å². The van der Waals surface area contributed by atoms with Crippen molar-refractivity contribution in [3.63, 3.8) is 0 Å². The van der Waals surface area contributed by atoms with E-state index in [-0.39, 0.29) is 5.82 Å². The zero-order valence-electron chi connectivity index (χ0n) is 7.80. The number of rotatable bonds is 3. The third-order valence-corrected chi connectivity index (χ3v) is 2.56. The van der Waals surface area contributed by atoms with Gasteiger partial charge in [0.15, 0.2) is 0 Å². The molecule has 0 aliphatic carbocycles. The average molecular weight is 257 g/mol. The molecule has 14 heavy (non-hydrogen) atoms. The van der Waals surface area contributed by atoms with E-state index in [0.717, 1.165) is 10.0 Å². The van der Waals surface area contributed by atoms with Crippen LogP contribution >= 0.6 is 15.9 Å². The minimum Gasteiger partial charge on any atom is -0.289 e. The molecule has 0 bridgehead atoms. The lowest BCUT2D eigenvalue weighted by Crippen LogP contribution is -2.18. The van der Waals surface area contributed by atoms with E-state index in [9.17, 15) is 4.39 Å². The van der Waals surface area contributed by atoms with Crippen LogP contribution in [0.5, 0.6) is 0 Å². The maximum atomic E-state index is 12.9. The number of halogens is 2. The molecule has 0 saturated carbocycles. The van der Waals surface area contributed by atoms with Crippen LogP contribution in [0.3, 0.4) is 0 Å². The molecule has 0 fully saturated rings. The largest absolute Gasteiger partial charge is 0.289 e. The first-order valence-electron chi connectivity index (χ1n) is 4.13. The standard InChI is InChI=1S/C10H10BrFN2/c1-14(5-4-13)7-8-6-9(12)2-3-10(8)11/h2-3,6H,5,7H2,1H3. The Morgan fingerprint density at radius 1 is 1.57 bits per heavy atom. The summed E-state index contributed by atoms with van der Waals surface area (Å²) >= 11 is 3.33. The normalized spacial score (nSPS) is 10.2. The van der Waals surface area contributed by atoms with E-state index >= 15 is 0 Å². The summed E-state index contributed by atoms with van der Waals surface area (Å²) in [5.41, 5.74) is 0.850. The molecule has 0 atom stereocenters. The summed E-state index contributed by atoms with van der Waals surface area (Å²) in [5, 5.41) is 8.46. The average Bonchev–Trinajstić information content (AvgIpc) is 2.12. The lowest BCUT2D eigenvalue weighted by Gasteiger charge is -2.13. The maximum absolute atomic E-state index is 12.9. The monoisotopic (exact) mass is 256 g/mol. The highest BCUT2D eigenvalue weighted by molar-refractivity contribution is 9.10. The van der Waals surface area contributed by atoms with Gasteiger partial charge in [0.05, 0.1) is 12.6 Å². The van der Waals surface area contributed by atoms with Gasteiger partial charge in [0.25, 0.3) is 0 Å². The van der Waals surface area contributed by atoms with Gasteiger partial charge >= 0.3 is 0 Å². The van der Waals surface area contributed by atoms with Crippen molar-refractivity contribution in [2.45, 2.75) is 6.54 Å². The van der Waals surface area contributed by atoms with Gasteiger partial charge in [-0.05, 0) is 30.8 Å². The van der Waals surface area contributed by atoms with Crippen molar-refractivity contribution in [2.24, 2.45) is 0 Å². The second-order valence-electron chi connectivity index (χ2n) is 3.07. The van der Waals surface area contributed by atoms with Crippen molar-refractivity contribution in [1.82, 2.24) is 4.90 Å². The Bertz CT molecular complexity index is 360. The molecule has 74 valence electrons. The molecule has 0 unspecified atom stereocenters. The fourth-order valence-corrected chi connectivity index (χ4v) is 1.50. The maximum Gasteiger partial charge on any atom is 0.123 e. The summed E-state index contributed by atoms with van der Waals surface area (Å²) < 4.78 is 13.7. The highest BCUT2D eigenvalue weighted by Gasteiger charge is 2.04. The van der Waals surface area contributed by atoms with Gasteiger partial charge in [-0.15, -0.1) is 0 Å². The van der Waals surface area contributed by atoms with Crippen LogP contribution in [0.1, 0.15) is 5.56 Å². The molecule has 1 aromatic carbocycles. The first-order chi connectivity index (χ1) is 6.63. The molecule has 0 spiro atoms. The minimum absolute atomic E-state index is 0.256. The number of nitrogens with zero attached hydrogens (tertiary/aromatic N) is 2. The van der Waals surface area contributed by atoms with Gasteiger partial charge in [-0.3, -0.25) is 4.90 Å². The lowest BCUT2D eigenvalue weighted by atomic mass is 10.2. The zero-order valence-corrected chi connectivity index (χ0v) is 9.38. The quantitative estimate of drug-likeness (QED) is 0.778. The van der Waals surface area contributed by atoms with Crippen LogP contribution in [0.15, 0.2) is 22.7 Å². The van der Waals surface area contributed by atoms with E-state index in [4.69, 9.17) is 5.26 Å². The van der Waals surface area contributed by atoms with Crippen LogP contribution in [-0.2, 0) is 6.54 Å². The summed E-state index contributed by atoms with van der Waals surface area (Å²) in [4.78, 5) is 1.82. The molecule has 0 heterocycles. The van der Waals surface area contributed by atoms with Crippen molar-refractivity contribution < 1.29 is 4.39 Å². The number of hydrogen-bond acceptors (Lipinski definition) is 2. The Morgan fingerprint density at radius 2 is 2.29 bits per heavy atom. The third-order valence-electron chi connectivity index (χ3n) is 1.79. The number of nitriles is 1. The molecule has 2 nitrogen and oxygen atoms in total. The molecular weight excluding hydrogens is 247 g/mol. The molecule has 0 N–H and O–H groups in total. The van der Waals surface area contributed by atoms with Crippen LogP contribution in [0.25, 0.3) is 0 Å². The van der Waals surface area contributed by atoms with E-state index in [0.29, 0.717) is 13.1 Å². The Hall–Kier alpha value is -0.920. The van der Waals surface area contributed by atoms with Gasteiger partial charge in [0.1, 0.15) is 5.82 Å². The summed E-state index contributed by atoms with van der Waals surface area (Å²) in [6.07, 6.45) is 0. The van der Waals surface area contributed by atoms with Crippen LogP contribution in [0, 0.1) is 17.1 Å². The Labute approximate surface area is 91.1 Å². The molecule has 4 heteroatoms. The van der Waals surface area contributed by atoms with Crippen LogP contribution < -0.4 is 0 Å². The SMILES string of the molecule is CN(CC#N)Cc1cc(F)ccc1Br. The van der Waals surface area contributed by atoms with Crippen molar-refractivity contribution >= 4 is 15.9 Å². The van der Waals surface area contributed by atoms with E-state index in [2.05, 4.69) is 15.9 Å². The summed E-state index contributed by atoms with van der Waals surface area (Å²) in [5.74, 6) is -0.256. The zero-order chi connectivity index (χ0) is 10.6. The molecule has 0 amide bonds. The fourth-order valence-electron chi connectivity index (χ4n) is 1.13. The summed E-state index contributed by atoms with van der Waals surface area (Å²) in [7, 11) is 1.82. The molecule has 0 radical (unpaired) electrons. The van der Waals surface area contributed by atoms with E-state index in [1.807, 2.05) is 18.0 Å². The van der Waals surface area contributed by atoms with Gasteiger partial charge in [-0.25, -0.2) is 4.39 Å². The predicted octanol–water partition coefficient (Wildman–Crippen LogP) is 2.54. The van der Waals surface area contributed by atoms with Gasteiger partial charge < -0.3 is 0 Å². The summed E-state index contributed by atoms with van der Waals surface area (Å²) in [6.45, 7) is 0.898. The molecule has 0 aliphatic heterocycles. The predicted molar refractivity (Wildman–Crippen MR) is 56.0 cm³/mol. The molecule has 0 aromatic heterocycles. The van der Waals surface area contributed by atoms with Gasteiger partial charge in [0.2, 0.25) is 0 Å². The first kappa shape index (κ1) is 11.2. The van der Waals surface area contributed by atoms with Gasteiger partial charge in [-0.2, -0.15) is 5.26 Å². The smallest absolute Gasteiger partial charge is 0.123 e. The number of hydrogen-bond donors (Lipinski definition) is 0. The molecule has 1 aromatic rings. The Balaban J connectivity index is 2.76. The highest BCUT2D eigenvalue weighted by atomic mass is 79.9. The molecule has 0 saturated heterocycles. The second-order valence-corrected chi connectivity index (χ2v) is 3.92. The summed E-state index contributed by atoms with van der Waals surface area (Å²) in [6, 6.07) is 6.58. The van der Waals surface area contributed by atoms with Crippen molar-refractivity contribution in [3.8, 4) is 6.07 Å². The third kappa shape index (κ3) is 3.09. The van der Waals surface area contributed by atoms with Crippen LogP contribution in [0.4, 0.5) is 4.39 Å². The Kier molecular flexibility index (Phi) is 4.05. The Morgan fingerprint density at radius 3 is 2.93 bits per heavy atom. The van der Waals surface area contributed by atoms with Gasteiger partial charge in [-0.1, -0.05) is 15.9 Å². The van der Waals surface area contributed by atoms with Crippen LogP contribution in [0.2, 0.25) is 0 Å². The molecule has 0 aliphatic rings. The van der Waals surface area contributed by atoms with E-state index in [1.54, 1.807) is 6.07 Å². The lowest BCUT2D eigenvalue weighted by molar-refractivity contribution is 0.366. The minimum atomic E-state index is -0.256. The molecule has 1 rings (SSSR count). The number of benzene rings is 1. The van der Waals surface area contributed by atoms with Crippen molar-refractivity contribution in [2.75, 3.05) is 13.6 Å². The topological polar surface area (TPSA) is 27.0 Å². The molecular formula is C10H10BrFN2. The van der Waals surface area contributed by atoms with E-state index < -0.39 is 0 Å². The highest BCUT2D eigenvalue weighted by Crippen LogP contribution is 2.18. The van der Waals surface area contributed by atoms with Crippen LogP contribution in [-0.4, -0.2) is 18.5 Å². The fraction of sp³-hybridized carbons (Fsp3) is 0.300. The van der Waals surface area contributed by atoms with Crippen molar-refractivity contribution in [1.29, 1.82) is 5.26 Å². The van der Waals surface area contributed by atoms with Crippen molar-refractivity contribution in [3.05, 3.63) is 34.1 Å². The second kappa shape index (κ2) is 5.08.